The van der Waals surface area contributed by atoms with Gasteiger partial charge in [0.25, 0.3) is 15.7 Å². The van der Waals surface area contributed by atoms with Gasteiger partial charge in [-0.05, 0) is 56.5 Å². The van der Waals surface area contributed by atoms with E-state index in [9.17, 15) is 18.5 Å². The molecule has 1 N–H and O–H groups in total. The van der Waals surface area contributed by atoms with E-state index in [1.807, 2.05) is 19.1 Å². The molecule has 34 heavy (non-hydrogen) atoms. The minimum atomic E-state index is -3.88. The standard InChI is InChI=1S/C23H23ClN4O5S/c1-13-8-15(3)23(16(4)9-13)34(31,32)27-21-10-14(2)20(12-22(21)33-5)26-25-19-7-6-17(28(29)30)11-18(19)24/h6-12,27H,1-5H3. The molecule has 0 fully saturated rings. The van der Waals surface area contributed by atoms with Gasteiger partial charge in [0, 0.05) is 18.2 Å². The molecule has 9 nitrogen and oxygen atoms in total. The number of halogens is 1. The van der Waals surface area contributed by atoms with Gasteiger partial charge in [-0.3, -0.25) is 14.8 Å². The topological polar surface area (TPSA) is 123 Å². The van der Waals surface area contributed by atoms with E-state index in [1.54, 1.807) is 32.9 Å². The third-order valence-corrected chi connectivity index (χ3v) is 7.02. The smallest absolute Gasteiger partial charge is 0.271 e. The predicted molar refractivity (Wildman–Crippen MR) is 131 cm³/mol. The van der Waals surface area contributed by atoms with Gasteiger partial charge in [0.2, 0.25) is 0 Å². The number of nitrogens with zero attached hydrogens (tertiary/aromatic N) is 3. The molecule has 0 aromatic heterocycles. The van der Waals surface area contributed by atoms with Crippen molar-refractivity contribution in [3.63, 3.8) is 0 Å². The lowest BCUT2D eigenvalue weighted by Gasteiger charge is -2.16. The molecule has 0 amide bonds. The maximum absolute atomic E-state index is 13.2. The van der Waals surface area contributed by atoms with Crippen molar-refractivity contribution >= 4 is 44.4 Å². The molecule has 0 aliphatic carbocycles. The van der Waals surface area contributed by atoms with Crippen LogP contribution in [0.2, 0.25) is 5.02 Å². The first-order chi connectivity index (χ1) is 15.9. The number of azo groups is 1. The molecular weight excluding hydrogens is 480 g/mol. The highest BCUT2D eigenvalue weighted by Gasteiger charge is 2.22. The van der Waals surface area contributed by atoms with Crippen LogP contribution in [-0.2, 0) is 10.0 Å². The fourth-order valence-corrected chi connectivity index (χ4v) is 5.35. The van der Waals surface area contributed by atoms with Crippen molar-refractivity contribution in [3.8, 4) is 5.75 Å². The number of hydrogen-bond donors (Lipinski definition) is 1. The van der Waals surface area contributed by atoms with E-state index in [0.717, 1.165) is 5.56 Å². The Morgan fingerprint density at radius 3 is 2.12 bits per heavy atom. The lowest BCUT2D eigenvalue weighted by molar-refractivity contribution is -0.384. The molecule has 178 valence electrons. The molecule has 0 saturated heterocycles. The van der Waals surface area contributed by atoms with E-state index in [4.69, 9.17) is 16.3 Å². The fraction of sp³-hybridized carbons (Fsp3) is 0.217. The summed E-state index contributed by atoms with van der Waals surface area (Å²) >= 11 is 6.07. The second kappa shape index (κ2) is 9.78. The Hall–Kier alpha value is -3.50. The number of benzene rings is 3. The van der Waals surface area contributed by atoms with E-state index in [0.29, 0.717) is 22.4 Å². The Kier molecular flexibility index (Phi) is 7.23. The van der Waals surface area contributed by atoms with Crippen LogP contribution in [0.3, 0.4) is 0 Å². The van der Waals surface area contributed by atoms with Crippen molar-refractivity contribution in [1.82, 2.24) is 0 Å². The second-order valence-corrected chi connectivity index (χ2v) is 9.79. The van der Waals surface area contributed by atoms with Gasteiger partial charge in [-0.2, -0.15) is 5.11 Å². The summed E-state index contributed by atoms with van der Waals surface area (Å²) in [7, 11) is -2.47. The van der Waals surface area contributed by atoms with E-state index < -0.39 is 14.9 Å². The van der Waals surface area contributed by atoms with Gasteiger partial charge < -0.3 is 4.74 Å². The fourth-order valence-electron chi connectivity index (χ4n) is 3.62. The lowest BCUT2D eigenvalue weighted by Crippen LogP contribution is -2.16. The summed E-state index contributed by atoms with van der Waals surface area (Å²) in [5.74, 6) is 0.250. The third kappa shape index (κ3) is 5.35. The van der Waals surface area contributed by atoms with Crippen LogP contribution >= 0.6 is 11.6 Å². The summed E-state index contributed by atoms with van der Waals surface area (Å²) in [6.07, 6.45) is 0. The largest absolute Gasteiger partial charge is 0.494 e. The number of anilines is 1. The minimum Gasteiger partial charge on any atom is -0.494 e. The van der Waals surface area contributed by atoms with Gasteiger partial charge in [-0.15, -0.1) is 5.11 Å². The number of nitrogens with one attached hydrogen (secondary N) is 1. The maximum atomic E-state index is 13.2. The van der Waals surface area contributed by atoms with E-state index in [2.05, 4.69) is 15.0 Å². The highest BCUT2D eigenvalue weighted by molar-refractivity contribution is 7.92. The first-order valence-corrected chi connectivity index (χ1v) is 11.9. The number of non-ortho nitro benzene ring substituents is 1. The zero-order valence-corrected chi connectivity index (χ0v) is 20.8. The zero-order valence-electron chi connectivity index (χ0n) is 19.2. The molecule has 0 bridgehead atoms. The molecule has 0 aliphatic rings. The van der Waals surface area contributed by atoms with Gasteiger partial charge in [-0.1, -0.05) is 29.3 Å². The third-order valence-electron chi connectivity index (χ3n) is 5.04. The Labute approximate surface area is 202 Å². The minimum absolute atomic E-state index is 0.0794. The molecule has 0 heterocycles. The number of hydrogen-bond acceptors (Lipinski definition) is 7. The molecule has 0 aliphatic heterocycles. The summed E-state index contributed by atoms with van der Waals surface area (Å²) in [6, 6.07) is 10.6. The molecule has 3 aromatic rings. The van der Waals surface area contributed by atoms with Gasteiger partial charge in [-0.25, -0.2) is 8.42 Å². The quantitative estimate of drug-likeness (QED) is 0.218. The van der Waals surface area contributed by atoms with Crippen molar-refractivity contribution in [3.05, 3.63) is 79.9 Å². The Morgan fingerprint density at radius 1 is 0.941 bits per heavy atom. The van der Waals surface area contributed by atoms with Crippen LogP contribution in [0.4, 0.5) is 22.7 Å². The molecule has 0 saturated carbocycles. The Balaban J connectivity index is 1.95. The summed E-state index contributed by atoms with van der Waals surface area (Å²) in [5, 5.41) is 19.2. The molecule has 0 spiro atoms. The summed E-state index contributed by atoms with van der Waals surface area (Å²) in [4.78, 5) is 10.5. The summed E-state index contributed by atoms with van der Waals surface area (Å²) in [6.45, 7) is 7.16. The molecule has 0 atom stereocenters. The number of nitro groups is 1. The normalized spacial score (nSPS) is 11.6. The van der Waals surface area contributed by atoms with Crippen molar-refractivity contribution in [2.75, 3.05) is 11.8 Å². The number of rotatable bonds is 7. The average molecular weight is 503 g/mol. The second-order valence-electron chi connectivity index (χ2n) is 7.77. The maximum Gasteiger partial charge on any atom is 0.271 e. The van der Waals surface area contributed by atoms with Gasteiger partial charge >= 0.3 is 0 Å². The highest BCUT2D eigenvalue weighted by Crippen LogP contribution is 2.37. The van der Waals surface area contributed by atoms with Crippen LogP contribution in [0.25, 0.3) is 0 Å². The van der Waals surface area contributed by atoms with Crippen LogP contribution in [-0.4, -0.2) is 20.5 Å². The van der Waals surface area contributed by atoms with E-state index in [-0.39, 0.29) is 32.7 Å². The number of nitro benzene ring substituents is 1. The predicted octanol–water partition coefficient (Wildman–Crippen LogP) is 6.71. The number of aryl methyl sites for hydroxylation is 4. The van der Waals surface area contributed by atoms with Crippen molar-refractivity contribution in [2.24, 2.45) is 10.2 Å². The van der Waals surface area contributed by atoms with Crippen LogP contribution in [0.1, 0.15) is 22.3 Å². The molecule has 0 unspecified atom stereocenters. The van der Waals surface area contributed by atoms with Crippen molar-refractivity contribution in [1.29, 1.82) is 0 Å². The zero-order chi connectivity index (χ0) is 25.2. The first kappa shape index (κ1) is 25.1. The average Bonchev–Trinajstić information content (AvgIpc) is 2.72. The number of sulfonamides is 1. The number of methoxy groups -OCH3 is 1. The highest BCUT2D eigenvalue weighted by atomic mass is 35.5. The first-order valence-electron chi connectivity index (χ1n) is 10.1. The Bertz CT molecular complexity index is 1400. The lowest BCUT2D eigenvalue weighted by atomic mass is 10.1. The molecule has 11 heteroatoms. The van der Waals surface area contributed by atoms with Crippen molar-refractivity contribution in [2.45, 2.75) is 32.6 Å². The van der Waals surface area contributed by atoms with E-state index in [1.165, 1.54) is 25.3 Å². The monoisotopic (exact) mass is 502 g/mol. The van der Waals surface area contributed by atoms with Crippen LogP contribution in [0.5, 0.6) is 5.75 Å². The SMILES string of the molecule is COc1cc(N=Nc2ccc([N+](=O)[O-])cc2Cl)c(C)cc1NS(=O)(=O)c1c(C)cc(C)cc1C. The van der Waals surface area contributed by atoms with Gasteiger partial charge in [0.1, 0.15) is 11.4 Å². The molecule has 3 rings (SSSR count). The molecule has 0 radical (unpaired) electrons. The molecular formula is C23H23ClN4O5S. The summed E-state index contributed by atoms with van der Waals surface area (Å²) in [5.41, 5.74) is 3.65. The van der Waals surface area contributed by atoms with Crippen molar-refractivity contribution < 1.29 is 18.1 Å². The Morgan fingerprint density at radius 2 is 1.56 bits per heavy atom. The summed E-state index contributed by atoms with van der Waals surface area (Å²) < 4.78 is 34.3. The molecule has 3 aromatic carbocycles. The number of ether oxygens (including phenoxy) is 1. The van der Waals surface area contributed by atoms with Crippen LogP contribution in [0, 0.1) is 37.8 Å². The van der Waals surface area contributed by atoms with Crippen LogP contribution in [0.15, 0.2) is 57.6 Å². The van der Waals surface area contributed by atoms with E-state index >= 15 is 0 Å². The van der Waals surface area contributed by atoms with Gasteiger partial charge in [0.15, 0.2) is 0 Å². The van der Waals surface area contributed by atoms with Gasteiger partial charge in [0.05, 0.1) is 33.3 Å². The van der Waals surface area contributed by atoms with Crippen LogP contribution < -0.4 is 9.46 Å².